The number of nitrogens with one attached hydrogen (secondary N) is 1. The lowest BCUT2D eigenvalue weighted by atomic mass is 9.96. The van der Waals surface area contributed by atoms with Gasteiger partial charge in [-0.1, -0.05) is 6.08 Å². The van der Waals surface area contributed by atoms with Crippen LogP contribution in [0.1, 0.15) is 26.2 Å². The highest BCUT2D eigenvalue weighted by Crippen LogP contribution is 2.17. The third-order valence-electron chi connectivity index (χ3n) is 3.46. The number of hydrogen-bond donors (Lipinski definition) is 1. The second-order valence-electron chi connectivity index (χ2n) is 4.92. The highest BCUT2D eigenvalue weighted by molar-refractivity contribution is 5.80. The van der Waals surface area contributed by atoms with Gasteiger partial charge in [-0.15, -0.1) is 6.58 Å². The van der Waals surface area contributed by atoms with Crippen LogP contribution in [0.4, 0.5) is 0 Å². The van der Waals surface area contributed by atoms with Gasteiger partial charge in [-0.2, -0.15) is 0 Å². The van der Waals surface area contributed by atoms with Crippen LogP contribution in [-0.4, -0.2) is 50.2 Å². The molecule has 0 aliphatic carbocycles. The monoisotopic (exact) mass is 254 g/mol. The van der Waals surface area contributed by atoms with Crippen molar-refractivity contribution in [2.45, 2.75) is 32.3 Å². The van der Waals surface area contributed by atoms with Crippen molar-refractivity contribution < 1.29 is 9.53 Å². The van der Waals surface area contributed by atoms with E-state index in [1.54, 1.807) is 6.08 Å². The maximum atomic E-state index is 12.1. The predicted molar refractivity (Wildman–Crippen MR) is 73.5 cm³/mol. The molecule has 0 aromatic carbocycles. The van der Waals surface area contributed by atoms with Crippen LogP contribution in [-0.2, 0) is 9.53 Å². The van der Waals surface area contributed by atoms with Gasteiger partial charge in [0.15, 0.2) is 0 Å². The van der Waals surface area contributed by atoms with Crippen LogP contribution < -0.4 is 5.32 Å². The number of hydrogen-bond acceptors (Lipinski definition) is 3. The molecule has 1 aliphatic heterocycles. The molecule has 4 nitrogen and oxygen atoms in total. The summed E-state index contributed by atoms with van der Waals surface area (Å²) < 4.78 is 5.50. The minimum absolute atomic E-state index is 0.127. The van der Waals surface area contributed by atoms with Crippen molar-refractivity contribution in [2.24, 2.45) is 5.92 Å². The summed E-state index contributed by atoms with van der Waals surface area (Å²) in [6.07, 6.45) is 4.45. The maximum absolute atomic E-state index is 12.1. The molecule has 0 saturated carbocycles. The molecule has 1 amide bonds. The molecular weight excluding hydrogens is 228 g/mol. The Morgan fingerprint density at radius 3 is 2.78 bits per heavy atom. The van der Waals surface area contributed by atoms with Gasteiger partial charge in [0.1, 0.15) is 6.10 Å². The SMILES string of the molecule is C=CCCOC(C)C(=O)N1CCC(CNC)CC1. The summed E-state index contributed by atoms with van der Waals surface area (Å²) in [5.74, 6) is 0.831. The Morgan fingerprint density at radius 1 is 1.56 bits per heavy atom. The van der Waals surface area contributed by atoms with Gasteiger partial charge in [-0.05, 0) is 45.7 Å². The fraction of sp³-hybridized carbons (Fsp3) is 0.786. The number of likely N-dealkylation sites (tertiary alicyclic amines) is 1. The second-order valence-corrected chi connectivity index (χ2v) is 4.92. The summed E-state index contributed by atoms with van der Waals surface area (Å²) in [5.41, 5.74) is 0. The van der Waals surface area contributed by atoms with Crippen LogP contribution in [0.15, 0.2) is 12.7 Å². The molecule has 0 bridgehead atoms. The van der Waals surface area contributed by atoms with E-state index in [0.29, 0.717) is 12.5 Å². The number of ether oxygens (including phenoxy) is 1. The molecule has 0 spiro atoms. The maximum Gasteiger partial charge on any atom is 0.251 e. The second kappa shape index (κ2) is 8.27. The average molecular weight is 254 g/mol. The van der Waals surface area contributed by atoms with E-state index in [9.17, 15) is 4.79 Å². The topological polar surface area (TPSA) is 41.6 Å². The number of piperidine rings is 1. The first-order valence-corrected chi connectivity index (χ1v) is 6.85. The summed E-state index contributed by atoms with van der Waals surface area (Å²) in [4.78, 5) is 14.1. The van der Waals surface area contributed by atoms with E-state index in [-0.39, 0.29) is 12.0 Å². The Balaban J connectivity index is 2.28. The van der Waals surface area contributed by atoms with Crippen LogP contribution >= 0.6 is 0 Å². The first kappa shape index (κ1) is 15.2. The number of nitrogens with zero attached hydrogens (tertiary/aromatic N) is 1. The molecule has 104 valence electrons. The molecule has 1 atom stereocenters. The molecule has 0 radical (unpaired) electrons. The van der Waals surface area contributed by atoms with Gasteiger partial charge >= 0.3 is 0 Å². The highest BCUT2D eigenvalue weighted by atomic mass is 16.5. The van der Waals surface area contributed by atoms with Crippen molar-refractivity contribution in [2.75, 3.05) is 33.3 Å². The molecule has 0 aromatic rings. The van der Waals surface area contributed by atoms with Crippen molar-refractivity contribution >= 4 is 5.91 Å². The largest absolute Gasteiger partial charge is 0.368 e. The number of carbonyl (C=O) groups is 1. The number of carbonyl (C=O) groups excluding carboxylic acids is 1. The Labute approximate surface area is 110 Å². The third-order valence-corrected chi connectivity index (χ3v) is 3.46. The minimum Gasteiger partial charge on any atom is -0.368 e. The van der Waals surface area contributed by atoms with Gasteiger partial charge in [0.2, 0.25) is 0 Å². The summed E-state index contributed by atoms with van der Waals surface area (Å²) in [6, 6.07) is 0. The average Bonchev–Trinajstić information content (AvgIpc) is 2.39. The quantitative estimate of drug-likeness (QED) is 0.552. The van der Waals surface area contributed by atoms with Gasteiger partial charge in [-0.25, -0.2) is 0 Å². The molecular formula is C14H26N2O2. The van der Waals surface area contributed by atoms with Crippen molar-refractivity contribution in [3.8, 4) is 0 Å². The molecule has 1 heterocycles. The van der Waals surface area contributed by atoms with E-state index in [4.69, 9.17) is 4.74 Å². The van der Waals surface area contributed by atoms with Crippen LogP contribution in [0.25, 0.3) is 0 Å². The summed E-state index contributed by atoms with van der Waals surface area (Å²) in [7, 11) is 1.98. The van der Waals surface area contributed by atoms with Gasteiger partial charge in [-0.3, -0.25) is 4.79 Å². The zero-order valence-corrected chi connectivity index (χ0v) is 11.7. The van der Waals surface area contributed by atoms with Crippen molar-refractivity contribution in [3.05, 3.63) is 12.7 Å². The normalized spacial score (nSPS) is 18.7. The first-order valence-electron chi connectivity index (χ1n) is 6.85. The molecule has 1 aliphatic rings. The predicted octanol–water partition coefficient (Wildman–Crippen LogP) is 1.43. The molecule has 18 heavy (non-hydrogen) atoms. The Bertz CT molecular complexity index is 261. The van der Waals surface area contributed by atoms with Crippen molar-refractivity contribution in [1.82, 2.24) is 10.2 Å². The summed E-state index contributed by atoms with van der Waals surface area (Å²) in [6.45, 7) is 8.82. The molecule has 4 heteroatoms. The molecule has 1 N–H and O–H groups in total. The van der Waals surface area contributed by atoms with Crippen molar-refractivity contribution in [3.63, 3.8) is 0 Å². The molecule has 1 saturated heterocycles. The summed E-state index contributed by atoms with van der Waals surface area (Å²) in [5, 5.41) is 3.20. The smallest absolute Gasteiger partial charge is 0.251 e. The number of rotatable bonds is 7. The Kier molecular flexibility index (Phi) is 6.98. The van der Waals surface area contributed by atoms with Gasteiger partial charge < -0.3 is 15.0 Å². The van der Waals surface area contributed by atoms with Crippen molar-refractivity contribution in [1.29, 1.82) is 0 Å². The first-order chi connectivity index (χ1) is 8.69. The lowest BCUT2D eigenvalue weighted by molar-refractivity contribution is -0.144. The minimum atomic E-state index is -0.328. The molecule has 1 unspecified atom stereocenters. The van der Waals surface area contributed by atoms with E-state index < -0.39 is 0 Å². The zero-order chi connectivity index (χ0) is 13.4. The fourth-order valence-electron chi connectivity index (χ4n) is 2.30. The standard InChI is InChI=1S/C14H26N2O2/c1-4-5-10-18-12(2)14(17)16-8-6-13(7-9-16)11-15-3/h4,12-13,15H,1,5-11H2,2-3H3. The van der Waals surface area contributed by atoms with Gasteiger partial charge in [0, 0.05) is 13.1 Å². The molecule has 1 fully saturated rings. The van der Waals surface area contributed by atoms with Crippen LogP contribution in [0.3, 0.4) is 0 Å². The summed E-state index contributed by atoms with van der Waals surface area (Å²) >= 11 is 0. The lowest BCUT2D eigenvalue weighted by Crippen LogP contribution is -2.45. The van der Waals surface area contributed by atoms with E-state index in [1.807, 2.05) is 18.9 Å². The van der Waals surface area contributed by atoms with E-state index in [1.165, 1.54) is 0 Å². The Morgan fingerprint density at radius 2 is 2.22 bits per heavy atom. The highest BCUT2D eigenvalue weighted by Gasteiger charge is 2.25. The van der Waals surface area contributed by atoms with Gasteiger partial charge in [0.05, 0.1) is 6.61 Å². The van der Waals surface area contributed by atoms with E-state index >= 15 is 0 Å². The van der Waals surface area contributed by atoms with Crippen LogP contribution in [0.2, 0.25) is 0 Å². The Hall–Kier alpha value is -0.870. The van der Waals surface area contributed by atoms with E-state index in [2.05, 4.69) is 11.9 Å². The molecule has 1 rings (SSSR count). The lowest BCUT2D eigenvalue weighted by Gasteiger charge is -2.33. The van der Waals surface area contributed by atoms with Gasteiger partial charge in [0.25, 0.3) is 5.91 Å². The zero-order valence-electron chi connectivity index (χ0n) is 11.7. The van der Waals surface area contributed by atoms with E-state index in [0.717, 1.165) is 38.9 Å². The molecule has 0 aromatic heterocycles. The number of amides is 1. The van der Waals surface area contributed by atoms with Crippen LogP contribution in [0, 0.1) is 5.92 Å². The fourth-order valence-corrected chi connectivity index (χ4v) is 2.30. The van der Waals surface area contributed by atoms with Crippen LogP contribution in [0.5, 0.6) is 0 Å². The third kappa shape index (κ3) is 4.78.